The molecule has 32 heavy (non-hydrogen) atoms. The van der Waals surface area contributed by atoms with Gasteiger partial charge in [-0.1, -0.05) is 94.4 Å². The average molecular weight is 427 g/mol. The van der Waals surface area contributed by atoms with Gasteiger partial charge in [0, 0.05) is 11.1 Å². The number of unbranched alkanes of at least 4 members (excludes halogenated alkanes) is 2. The molecule has 4 rings (SSSR count). The van der Waals surface area contributed by atoms with Crippen LogP contribution in [0.2, 0.25) is 0 Å². The van der Waals surface area contributed by atoms with E-state index >= 15 is 0 Å². The number of aryl methyl sites for hydroxylation is 1. The monoisotopic (exact) mass is 426 g/mol. The molecule has 1 fully saturated rings. The molecule has 0 amide bonds. The topological polar surface area (TPSA) is 0 Å². The summed E-state index contributed by atoms with van der Waals surface area (Å²) in [6.45, 7) is 2.30. The molecule has 3 aromatic rings. The lowest BCUT2D eigenvalue weighted by Gasteiger charge is -2.28. The lowest BCUT2D eigenvalue weighted by Crippen LogP contribution is -2.15. The standard InChI is InChI=1S/C31H35F/c1-2-3-4-5-24-6-8-25(9-7-24)10-11-26-12-14-27(15-13-26)16-17-28-18-19-30-23-31(32)21-20-29(30)22-28/h12-15,18-25H,2-11H2,1H3. The van der Waals surface area contributed by atoms with Gasteiger partial charge in [0.1, 0.15) is 5.82 Å². The van der Waals surface area contributed by atoms with Gasteiger partial charge in [-0.2, -0.15) is 0 Å². The van der Waals surface area contributed by atoms with E-state index in [2.05, 4.69) is 43.0 Å². The van der Waals surface area contributed by atoms with Crippen molar-refractivity contribution < 1.29 is 4.39 Å². The zero-order chi connectivity index (χ0) is 22.2. The summed E-state index contributed by atoms with van der Waals surface area (Å²) in [5.41, 5.74) is 3.42. The Morgan fingerprint density at radius 1 is 0.719 bits per heavy atom. The number of rotatable bonds is 7. The molecule has 1 saturated carbocycles. The van der Waals surface area contributed by atoms with Crippen LogP contribution in [-0.2, 0) is 6.42 Å². The molecule has 0 aliphatic heterocycles. The van der Waals surface area contributed by atoms with Crippen molar-refractivity contribution in [3.8, 4) is 11.8 Å². The summed E-state index contributed by atoms with van der Waals surface area (Å²) in [4.78, 5) is 0. The molecule has 1 aliphatic carbocycles. The van der Waals surface area contributed by atoms with Gasteiger partial charge < -0.3 is 0 Å². The lowest BCUT2D eigenvalue weighted by atomic mass is 9.78. The van der Waals surface area contributed by atoms with Crippen LogP contribution >= 0.6 is 0 Å². The summed E-state index contributed by atoms with van der Waals surface area (Å²) in [5.74, 6) is 8.23. The summed E-state index contributed by atoms with van der Waals surface area (Å²) in [5, 5.41) is 1.92. The Bertz CT molecular complexity index is 1060. The number of hydrogen-bond acceptors (Lipinski definition) is 0. The van der Waals surface area contributed by atoms with Gasteiger partial charge in [-0.15, -0.1) is 0 Å². The third-order valence-electron chi connectivity index (χ3n) is 7.13. The summed E-state index contributed by atoms with van der Waals surface area (Å²) in [7, 11) is 0. The van der Waals surface area contributed by atoms with Crippen LogP contribution in [0.1, 0.15) is 81.4 Å². The Morgan fingerprint density at radius 3 is 2.09 bits per heavy atom. The van der Waals surface area contributed by atoms with E-state index < -0.39 is 0 Å². The highest BCUT2D eigenvalue weighted by Gasteiger charge is 2.20. The fourth-order valence-corrected chi connectivity index (χ4v) is 5.06. The van der Waals surface area contributed by atoms with Crippen LogP contribution < -0.4 is 0 Å². The van der Waals surface area contributed by atoms with E-state index in [1.807, 2.05) is 24.3 Å². The Labute approximate surface area is 193 Å². The predicted molar refractivity (Wildman–Crippen MR) is 134 cm³/mol. The van der Waals surface area contributed by atoms with Crippen molar-refractivity contribution >= 4 is 10.8 Å². The van der Waals surface area contributed by atoms with E-state index in [1.165, 1.54) is 75.8 Å². The highest BCUT2D eigenvalue weighted by molar-refractivity contribution is 5.83. The SMILES string of the molecule is CCCCCC1CCC(CCc2ccc(C#Cc3ccc4cc(F)ccc4c3)cc2)CC1. The molecule has 0 atom stereocenters. The van der Waals surface area contributed by atoms with E-state index in [0.717, 1.165) is 33.7 Å². The first-order valence-electron chi connectivity index (χ1n) is 12.5. The fraction of sp³-hybridized carbons (Fsp3) is 0.419. The zero-order valence-corrected chi connectivity index (χ0v) is 19.4. The van der Waals surface area contributed by atoms with Crippen LogP contribution in [0.3, 0.4) is 0 Å². The van der Waals surface area contributed by atoms with Gasteiger partial charge in [0.25, 0.3) is 0 Å². The van der Waals surface area contributed by atoms with Gasteiger partial charge in [0.05, 0.1) is 0 Å². The number of halogens is 1. The van der Waals surface area contributed by atoms with Gasteiger partial charge in [-0.25, -0.2) is 4.39 Å². The Kier molecular flexibility index (Phi) is 8.00. The molecule has 0 bridgehead atoms. The fourth-order valence-electron chi connectivity index (χ4n) is 5.06. The zero-order valence-electron chi connectivity index (χ0n) is 19.4. The van der Waals surface area contributed by atoms with Crippen molar-refractivity contribution in [2.24, 2.45) is 11.8 Å². The minimum atomic E-state index is -0.202. The third-order valence-corrected chi connectivity index (χ3v) is 7.13. The molecule has 0 N–H and O–H groups in total. The number of benzene rings is 3. The van der Waals surface area contributed by atoms with Gasteiger partial charge in [-0.3, -0.25) is 0 Å². The second-order valence-electron chi connectivity index (χ2n) is 9.57. The van der Waals surface area contributed by atoms with Crippen molar-refractivity contribution in [3.63, 3.8) is 0 Å². The Hall–Kier alpha value is -2.59. The molecule has 1 heteroatoms. The quantitative estimate of drug-likeness (QED) is 0.262. The predicted octanol–water partition coefficient (Wildman–Crippen LogP) is 8.70. The van der Waals surface area contributed by atoms with Gasteiger partial charge in [-0.05, 0) is 77.4 Å². The molecule has 0 nitrogen and oxygen atoms in total. The molecule has 0 aromatic heterocycles. The molecule has 0 unspecified atom stereocenters. The van der Waals surface area contributed by atoms with E-state index in [-0.39, 0.29) is 5.82 Å². The smallest absolute Gasteiger partial charge is 0.123 e. The first-order chi connectivity index (χ1) is 15.7. The summed E-state index contributed by atoms with van der Waals surface area (Å²) in [6, 6.07) is 19.5. The van der Waals surface area contributed by atoms with Crippen LogP contribution in [0, 0.1) is 29.5 Å². The molecule has 0 spiro atoms. The highest BCUT2D eigenvalue weighted by atomic mass is 19.1. The maximum atomic E-state index is 13.3. The third kappa shape index (κ3) is 6.46. The Balaban J connectivity index is 1.26. The molecular formula is C31H35F. The summed E-state index contributed by atoms with van der Waals surface area (Å²) in [6.07, 6.45) is 13.9. The van der Waals surface area contributed by atoms with Gasteiger partial charge >= 0.3 is 0 Å². The van der Waals surface area contributed by atoms with E-state index in [1.54, 1.807) is 6.07 Å². The molecule has 0 radical (unpaired) electrons. The first kappa shape index (κ1) is 22.6. The molecule has 3 aromatic carbocycles. The van der Waals surface area contributed by atoms with Crippen LogP contribution in [0.5, 0.6) is 0 Å². The number of hydrogen-bond donors (Lipinski definition) is 0. The van der Waals surface area contributed by atoms with E-state index in [0.29, 0.717) is 0 Å². The maximum absolute atomic E-state index is 13.3. The lowest BCUT2D eigenvalue weighted by molar-refractivity contribution is 0.249. The van der Waals surface area contributed by atoms with Gasteiger partial charge in [0.2, 0.25) is 0 Å². The van der Waals surface area contributed by atoms with Crippen LogP contribution in [0.4, 0.5) is 4.39 Å². The van der Waals surface area contributed by atoms with Crippen LogP contribution in [0.15, 0.2) is 60.7 Å². The molecular weight excluding hydrogens is 391 g/mol. The summed E-state index contributed by atoms with van der Waals surface area (Å²) < 4.78 is 13.3. The van der Waals surface area contributed by atoms with Crippen molar-refractivity contribution in [1.82, 2.24) is 0 Å². The minimum absolute atomic E-state index is 0.202. The molecule has 0 heterocycles. The second-order valence-corrected chi connectivity index (χ2v) is 9.57. The minimum Gasteiger partial charge on any atom is -0.207 e. The molecule has 0 saturated heterocycles. The molecule has 166 valence electrons. The van der Waals surface area contributed by atoms with E-state index in [4.69, 9.17) is 0 Å². The average Bonchev–Trinajstić information content (AvgIpc) is 2.83. The second kappa shape index (κ2) is 11.3. The van der Waals surface area contributed by atoms with Crippen LogP contribution in [0.25, 0.3) is 10.8 Å². The largest absolute Gasteiger partial charge is 0.207 e. The van der Waals surface area contributed by atoms with E-state index in [9.17, 15) is 4.39 Å². The highest BCUT2D eigenvalue weighted by Crippen LogP contribution is 2.34. The maximum Gasteiger partial charge on any atom is 0.123 e. The normalized spacial score (nSPS) is 18.3. The van der Waals surface area contributed by atoms with Crippen molar-refractivity contribution in [3.05, 3.63) is 83.2 Å². The first-order valence-corrected chi connectivity index (χ1v) is 12.5. The van der Waals surface area contributed by atoms with Crippen molar-refractivity contribution in [2.45, 2.75) is 71.1 Å². The summed E-state index contributed by atoms with van der Waals surface area (Å²) >= 11 is 0. The number of fused-ring (bicyclic) bond motifs is 1. The van der Waals surface area contributed by atoms with Gasteiger partial charge in [0.15, 0.2) is 0 Å². The van der Waals surface area contributed by atoms with Crippen molar-refractivity contribution in [1.29, 1.82) is 0 Å². The Morgan fingerprint density at radius 2 is 1.34 bits per heavy atom. The van der Waals surface area contributed by atoms with Crippen LogP contribution in [-0.4, -0.2) is 0 Å². The molecule has 1 aliphatic rings. The van der Waals surface area contributed by atoms with Crippen molar-refractivity contribution in [2.75, 3.05) is 0 Å².